The molecule has 0 bridgehead atoms. The molecule has 33 heavy (non-hydrogen) atoms. The van der Waals surface area contributed by atoms with Gasteiger partial charge in [-0.3, -0.25) is 9.10 Å². The number of sulfonamides is 1. The maximum atomic E-state index is 13.0. The number of benzene rings is 2. The molecule has 0 radical (unpaired) electrons. The summed E-state index contributed by atoms with van der Waals surface area (Å²) in [6.07, 6.45) is 6.17. The van der Waals surface area contributed by atoms with Crippen molar-refractivity contribution in [2.75, 3.05) is 15.9 Å². The summed E-state index contributed by atoms with van der Waals surface area (Å²) in [5.74, 6) is 1.61. The lowest BCUT2D eigenvalue weighted by atomic mass is 10.1. The van der Waals surface area contributed by atoms with Gasteiger partial charge in [-0.05, 0) is 62.1 Å². The van der Waals surface area contributed by atoms with Crippen molar-refractivity contribution >= 4 is 27.3 Å². The smallest absolute Gasteiger partial charge is 0.255 e. The molecule has 0 saturated heterocycles. The summed E-state index contributed by atoms with van der Waals surface area (Å²) in [6.45, 7) is 2.78. The normalized spacial score (nSPS) is 17.9. The molecule has 0 aliphatic carbocycles. The number of carbonyl (C=O) groups is 1. The highest BCUT2D eigenvalue weighted by atomic mass is 32.2. The molecule has 9 heteroatoms. The molecule has 5 rings (SSSR count). The van der Waals surface area contributed by atoms with E-state index in [1.165, 1.54) is 17.0 Å². The molecule has 172 valence electrons. The fourth-order valence-corrected chi connectivity index (χ4v) is 6.15. The van der Waals surface area contributed by atoms with Gasteiger partial charge in [-0.1, -0.05) is 18.6 Å². The van der Waals surface area contributed by atoms with Crippen molar-refractivity contribution in [3.05, 3.63) is 59.4 Å². The largest absolute Gasteiger partial charge is 0.322 e. The molecule has 8 nitrogen and oxygen atoms in total. The van der Waals surface area contributed by atoms with Crippen molar-refractivity contribution in [1.82, 2.24) is 14.8 Å². The molecule has 1 amide bonds. The van der Waals surface area contributed by atoms with E-state index in [1.54, 1.807) is 18.2 Å². The first-order valence-corrected chi connectivity index (χ1v) is 13.1. The van der Waals surface area contributed by atoms with Crippen LogP contribution in [0.4, 0.5) is 11.4 Å². The summed E-state index contributed by atoms with van der Waals surface area (Å²) < 4.78 is 27.9. The summed E-state index contributed by atoms with van der Waals surface area (Å²) >= 11 is 0. The highest BCUT2D eigenvalue weighted by molar-refractivity contribution is 7.92. The Balaban J connectivity index is 1.38. The van der Waals surface area contributed by atoms with Gasteiger partial charge in [0.1, 0.15) is 5.82 Å². The average Bonchev–Trinajstić information content (AvgIpc) is 3.24. The van der Waals surface area contributed by atoms with Crippen molar-refractivity contribution in [3.8, 4) is 11.4 Å². The Bertz CT molecular complexity index is 1330. The van der Waals surface area contributed by atoms with E-state index >= 15 is 0 Å². The lowest BCUT2D eigenvalue weighted by Gasteiger charge is -2.21. The van der Waals surface area contributed by atoms with E-state index in [9.17, 15) is 13.2 Å². The van der Waals surface area contributed by atoms with Gasteiger partial charge >= 0.3 is 0 Å². The van der Waals surface area contributed by atoms with E-state index in [0.717, 1.165) is 48.6 Å². The van der Waals surface area contributed by atoms with Crippen LogP contribution in [-0.2, 0) is 29.4 Å². The number of amides is 1. The summed E-state index contributed by atoms with van der Waals surface area (Å²) in [6, 6.07) is 12.7. The van der Waals surface area contributed by atoms with Crippen LogP contribution in [0.5, 0.6) is 0 Å². The van der Waals surface area contributed by atoms with Crippen LogP contribution in [-0.4, -0.2) is 41.4 Å². The quantitative estimate of drug-likeness (QED) is 0.635. The van der Waals surface area contributed by atoms with Crippen LogP contribution >= 0.6 is 0 Å². The molecule has 1 N–H and O–H groups in total. The molecule has 3 aromatic rings. The summed E-state index contributed by atoms with van der Waals surface area (Å²) in [5.41, 5.74) is 3.60. The molecule has 0 fully saturated rings. The van der Waals surface area contributed by atoms with E-state index in [1.807, 2.05) is 31.2 Å². The van der Waals surface area contributed by atoms with Crippen LogP contribution in [0, 0.1) is 0 Å². The van der Waals surface area contributed by atoms with Crippen molar-refractivity contribution < 1.29 is 13.2 Å². The minimum absolute atomic E-state index is 0.164. The standard InChI is InChI=1S/C24H27N5O3S/c1-16-13-19-14-18(10-11-21(19)29(16)33(2,31)32)24(30)25-20-8-6-7-17(15-20)23-27-26-22-9-4-3-5-12-28(22)23/h6-8,10-11,14-16H,3-5,9,12-13H2,1-2H3,(H,25,30). The molecule has 2 aliphatic heterocycles. The van der Waals surface area contributed by atoms with Crippen molar-refractivity contribution in [1.29, 1.82) is 0 Å². The maximum absolute atomic E-state index is 13.0. The molecule has 0 spiro atoms. The third-order valence-corrected chi connectivity index (χ3v) is 7.61. The van der Waals surface area contributed by atoms with Crippen LogP contribution < -0.4 is 9.62 Å². The lowest BCUT2D eigenvalue weighted by molar-refractivity contribution is 0.102. The first-order valence-electron chi connectivity index (χ1n) is 11.3. The lowest BCUT2D eigenvalue weighted by Crippen LogP contribution is -2.34. The molecule has 2 aliphatic rings. The number of rotatable bonds is 4. The number of aryl methyl sites for hydroxylation is 1. The van der Waals surface area contributed by atoms with Gasteiger partial charge in [0, 0.05) is 35.8 Å². The van der Waals surface area contributed by atoms with Crippen molar-refractivity contribution in [2.45, 2.75) is 51.6 Å². The molecule has 3 heterocycles. The second-order valence-corrected chi connectivity index (χ2v) is 10.8. The van der Waals surface area contributed by atoms with Crippen LogP contribution in [0.25, 0.3) is 11.4 Å². The van der Waals surface area contributed by atoms with E-state index < -0.39 is 10.0 Å². The van der Waals surface area contributed by atoms with E-state index in [2.05, 4.69) is 20.1 Å². The maximum Gasteiger partial charge on any atom is 0.255 e. The minimum atomic E-state index is -3.36. The molecular weight excluding hydrogens is 438 g/mol. The number of carbonyl (C=O) groups excluding carboxylic acids is 1. The number of fused-ring (bicyclic) bond motifs is 2. The second kappa shape index (κ2) is 8.30. The Morgan fingerprint density at radius 2 is 1.94 bits per heavy atom. The average molecular weight is 466 g/mol. The number of aromatic nitrogens is 3. The molecule has 0 saturated carbocycles. The summed E-state index contributed by atoms with van der Waals surface area (Å²) in [5, 5.41) is 11.7. The number of nitrogens with zero attached hydrogens (tertiary/aromatic N) is 4. The van der Waals surface area contributed by atoms with Gasteiger partial charge in [0.25, 0.3) is 5.91 Å². The van der Waals surface area contributed by atoms with Gasteiger partial charge in [-0.15, -0.1) is 10.2 Å². The van der Waals surface area contributed by atoms with Crippen LogP contribution in [0.1, 0.15) is 47.9 Å². The van der Waals surface area contributed by atoms with Crippen LogP contribution in [0.15, 0.2) is 42.5 Å². The fraction of sp³-hybridized carbons (Fsp3) is 0.375. The summed E-state index contributed by atoms with van der Waals surface area (Å²) in [7, 11) is -3.36. The van der Waals surface area contributed by atoms with Crippen molar-refractivity contribution in [3.63, 3.8) is 0 Å². The Morgan fingerprint density at radius 3 is 2.76 bits per heavy atom. The number of hydrogen-bond donors (Lipinski definition) is 1. The highest BCUT2D eigenvalue weighted by Gasteiger charge is 2.32. The monoisotopic (exact) mass is 465 g/mol. The predicted molar refractivity (Wildman–Crippen MR) is 128 cm³/mol. The van der Waals surface area contributed by atoms with E-state index in [4.69, 9.17) is 0 Å². The Hall–Kier alpha value is -3.20. The van der Waals surface area contributed by atoms with Crippen LogP contribution in [0.3, 0.4) is 0 Å². The van der Waals surface area contributed by atoms with Crippen molar-refractivity contribution in [2.24, 2.45) is 0 Å². The van der Waals surface area contributed by atoms with Gasteiger partial charge in [-0.25, -0.2) is 8.42 Å². The zero-order valence-corrected chi connectivity index (χ0v) is 19.6. The third-order valence-electron chi connectivity index (χ3n) is 6.34. The topological polar surface area (TPSA) is 97.2 Å². The molecular formula is C24H27N5O3S. The first kappa shape index (κ1) is 21.6. The Labute approximate surface area is 193 Å². The molecule has 1 atom stereocenters. The van der Waals surface area contributed by atoms with Gasteiger partial charge in [0.2, 0.25) is 10.0 Å². The number of anilines is 2. The predicted octanol–water partition coefficient (Wildman–Crippen LogP) is 3.63. The van der Waals surface area contributed by atoms with Crippen LogP contribution in [0.2, 0.25) is 0 Å². The number of hydrogen-bond acceptors (Lipinski definition) is 5. The molecule has 1 unspecified atom stereocenters. The highest BCUT2D eigenvalue weighted by Crippen LogP contribution is 2.35. The molecule has 1 aromatic heterocycles. The van der Waals surface area contributed by atoms with E-state index in [0.29, 0.717) is 23.4 Å². The third kappa shape index (κ3) is 4.13. The zero-order valence-electron chi connectivity index (χ0n) is 18.8. The second-order valence-electron chi connectivity index (χ2n) is 8.89. The van der Waals surface area contributed by atoms with Gasteiger partial charge in [-0.2, -0.15) is 0 Å². The first-order chi connectivity index (χ1) is 15.8. The number of nitrogens with one attached hydrogen (secondary N) is 1. The minimum Gasteiger partial charge on any atom is -0.322 e. The Kier molecular flexibility index (Phi) is 5.44. The van der Waals surface area contributed by atoms with Gasteiger partial charge < -0.3 is 9.88 Å². The van der Waals surface area contributed by atoms with Gasteiger partial charge in [0.05, 0.1) is 11.9 Å². The molecule has 2 aromatic carbocycles. The SMILES string of the molecule is CC1Cc2cc(C(=O)Nc3cccc(-c4nnc5n4CCCCC5)c3)ccc2N1S(C)(=O)=O. The summed E-state index contributed by atoms with van der Waals surface area (Å²) in [4.78, 5) is 13.0. The van der Waals surface area contributed by atoms with Gasteiger partial charge in [0.15, 0.2) is 5.82 Å². The van der Waals surface area contributed by atoms with E-state index in [-0.39, 0.29) is 11.9 Å². The zero-order chi connectivity index (χ0) is 23.2. The fourth-order valence-electron chi connectivity index (χ4n) is 4.89. The Morgan fingerprint density at radius 1 is 1.09 bits per heavy atom.